The number of ether oxygens (including phenoxy) is 1. The van der Waals surface area contributed by atoms with Gasteiger partial charge in [0.2, 0.25) is 0 Å². The van der Waals surface area contributed by atoms with Crippen molar-refractivity contribution in [3.8, 4) is 23.2 Å². The highest BCUT2D eigenvalue weighted by Gasteiger charge is 2.26. The third-order valence-electron chi connectivity index (χ3n) is 5.12. The smallest absolute Gasteiger partial charge is 0.258 e. The lowest BCUT2D eigenvalue weighted by Crippen LogP contribution is -2.16. The molecule has 3 N–H and O–H groups in total. The largest absolute Gasteiger partial charge is 0.467 e. The second-order valence-electron chi connectivity index (χ2n) is 7.28. The van der Waals surface area contributed by atoms with Crippen LogP contribution in [-0.2, 0) is 23.2 Å². The number of nitriles is 1. The van der Waals surface area contributed by atoms with E-state index in [1.54, 1.807) is 20.0 Å². The van der Waals surface area contributed by atoms with E-state index in [1.807, 2.05) is 19.1 Å². The molecule has 1 aliphatic heterocycles. The second-order valence-corrected chi connectivity index (χ2v) is 9.48. The molecule has 30 heavy (non-hydrogen) atoms. The van der Waals surface area contributed by atoms with Crippen LogP contribution < -0.4 is 10.5 Å². The summed E-state index contributed by atoms with van der Waals surface area (Å²) in [5.74, 6) is 0.274. The lowest BCUT2D eigenvalue weighted by atomic mass is 10.1. The Morgan fingerprint density at radius 1 is 1.43 bits per heavy atom. The Bertz CT molecular complexity index is 1310. The van der Waals surface area contributed by atoms with Gasteiger partial charge in [0, 0.05) is 24.8 Å². The van der Waals surface area contributed by atoms with Crippen LogP contribution in [0.2, 0.25) is 0 Å². The van der Waals surface area contributed by atoms with Crippen LogP contribution in [0.3, 0.4) is 0 Å². The van der Waals surface area contributed by atoms with E-state index < -0.39 is 15.8 Å². The standard InChI is InChI=1S/C20H21N7O2S/c1-11-4-5-17-13(8-11)12(2)29-20-19(22)24-10-15(25-20)18-14(6-7-30(17,23)28)26-27(3)16(18)9-21/h4-5,8,10,12,23H,6-7H2,1-3H3,(H2,22,24)/t12-,30?/m1/s1. The number of benzene rings is 1. The quantitative estimate of drug-likeness (QED) is 0.565. The number of hydrogen-bond acceptors (Lipinski definition) is 8. The van der Waals surface area contributed by atoms with Gasteiger partial charge in [-0.2, -0.15) is 10.4 Å². The van der Waals surface area contributed by atoms with Crippen LogP contribution >= 0.6 is 0 Å². The first-order valence-corrected chi connectivity index (χ1v) is 11.1. The Kier molecular flexibility index (Phi) is 4.70. The Morgan fingerprint density at radius 3 is 2.93 bits per heavy atom. The summed E-state index contributed by atoms with van der Waals surface area (Å²) in [6.07, 6.45) is 1.16. The van der Waals surface area contributed by atoms with Gasteiger partial charge < -0.3 is 10.5 Å². The third kappa shape index (κ3) is 3.27. The normalized spacial score (nSPS) is 20.7. The van der Waals surface area contributed by atoms with Gasteiger partial charge in [-0.15, -0.1) is 0 Å². The molecule has 2 bridgehead atoms. The fourth-order valence-electron chi connectivity index (χ4n) is 3.61. The number of nitrogens with one attached hydrogen (secondary N) is 1. The minimum atomic E-state index is -3.14. The molecule has 154 valence electrons. The van der Waals surface area contributed by atoms with Crippen molar-refractivity contribution in [1.29, 1.82) is 10.0 Å². The zero-order chi connectivity index (χ0) is 21.6. The minimum absolute atomic E-state index is 0.0555. The van der Waals surface area contributed by atoms with Gasteiger partial charge in [0.15, 0.2) is 5.82 Å². The maximum absolute atomic E-state index is 13.4. The first-order chi connectivity index (χ1) is 14.2. The van der Waals surface area contributed by atoms with Crippen molar-refractivity contribution in [1.82, 2.24) is 19.7 Å². The van der Waals surface area contributed by atoms with Gasteiger partial charge in [0.1, 0.15) is 17.9 Å². The summed E-state index contributed by atoms with van der Waals surface area (Å²) in [6, 6.07) is 7.55. The molecule has 1 unspecified atom stereocenters. The predicted molar refractivity (Wildman–Crippen MR) is 111 cm³/mol. The van der Waals surface area contributed by atoms with Gasteiger partial charge in [-0.1, -0.05) is 17.7 Å². The maximum atomic E-state index is 13.4. The fourth-order valence-corrected chi connectivity index (χ4v) is 5.20. The Balaban J connectivity index is 1.99. The van der Waals surface area contributed by atoms with Crippen LogP contribution in [-0.4, -0.2) is 29.7 Å². The second kappa shape index (κ2) is 7.11. The molecule has 2 atom stereocenters. The number of nitrogen functional groups attached to an aromatic ring is 1. The van der Waals surface area contributed by atoms with Crippen molar-refractivity contribution in [3.05, 3.63) is 46.9 Å². The Morgan fingerprint density at radius 2 is 2.20 bits per heavy atom. The summed E-state index contributed by atoms with van der Waals surface area (Å²) >= 11 is 0. The van der Waals surface area contributed by atoms with Crippen molar-refractivity contribution >= 4 is 15.5 Å². The molecule has 0 aliphatic carbocycles. The Labute approximate surface area is 174 Å². The van der Waals surface area contributed by atoms with E-state index in [0.717, 1.165) is 5.56 Å². The lowest BCUT2D eigenvalue weighted by molar-refractivity contribution is 0.215. The topological polar surface area (TPSA) is 144 Å². The highest BCUT2D eigenvalue weighted by molar-refractivity contribution is 7.92. The average molecular weight is 424 g/mol. The van der Waals surface area contributed by atoms with Crippen molar-refractivity contribution in [2.75, 3.05) is 11.5 Å². The fraction of sp³-hybridized carbons (Fsp3) is 0.300. The Hall–Kier alpha value is -3.45. The molecule has 4 rings (SSSR count). The summed E-state index contributed by atoms with van der Waals surface area (Å²) in [5.41, 5.74) is 9.33. The third-order valence-corrected chi connectivity index (χ3v) is 6.98. The first kappa shape index (κ1) is 19.8. The summed E-state index contributed by atoms with van der Waals surface area (Å²) in [4.78, 5) is 9.14. The number of rotatable bonds is 0. The number of nitrogens with two attached hydrogens (primary N) is 1. The molecule has 10 heteroatoms. The van der Waals surface area contributed by atoms with Crippen LogP contribution in [0.15, 0.2) is 29.3 Å². The monoisotopic (exact) mass is 423 g/mol. The molecule has 0 amide bonds. The first-order valence-electron chi connectivity index (χ1n) is 9.34. The van der Waals surface area contributed by atoms with E-state index in [1.165, 1.54) is 10.9 Å². The van der Waals surface area contributed by atoms with Gasteiger partial charge in [-0.25, -0.2) is 19.0 Å². The minimum Gasteiger partial charge on any atom is -0.467 e. The maximum Gasteiger partial charge on any atom is 0.258 e. The van der Waals surface area contributed by atoms with E-state index in [2.05, 4.69) is 21.1 Å². The number of anilines is 1. The highest BCUT2D eigenvalue weighted by atomic mass is 32.2. The van der Waals surface area contributed by atoms with Gasteiger partial charge in [-0.3, -0.25) is 4.68 Å². The molecule has 3 aromatic rings. The molecule has 2 aromatic heterocycles. The number of aryl methyl sites for hydroxylation is 3. The van der Waals surface area contributed by atoms with Crippen molar-refractivity contribution in [2.24, 2.45) is 7.05 Å². The predicted octanol–water partition coefficient (Wildman–Crippen LogP) is 2.74. The van der Waals surface area contributed by atoms with Gasteiger partial charge in [0.25, 0.3) is 5.88 Å². The molecule has 3 heterocycles. The van der Waals surface area contributed by atoms with Crippen LogP contribution in [0.25, 0.3) is 11.3 Å². The molecule has 0 spiro atoms. The molecule has 9 nitrogen and oxygen atoms in total. The number of hydrogen-bond donors (Lipinski definition) is 2. The average Bonchev–Trinajstić information content (AvgIpc) is 3.02. The van der Waals surface area contributed by atoms with E-state index >= 15 is 0 Å². The van der Waals surface area contributed by atoms with Crippen molar-refractivity contribution in [2.45, 2.75) is 31.3 Å². The molecule has 0 saturated heterocycles. The SMILES string of the molecule is Cc1ccc2c(c1)[C@@H](C)Oc1nc(cnc1N)-c1c(nn(C)c1C#N)CCS2(=N)=O. The molecule has 1 aromatic carbocycles. The van der Waals surface area contributed by atoms with Crippen LogP contribution in [0.5, 0.6) is 5.88 Å². The molecule has 1 aliphatic rings. The van der Waals surface area contributed by atoms with Crippen LogP contribution in [0.4, 0.5) is 5.82 Å². The van der Waals surface area contributed by atoms with E-state index in [0.29, 0.717) is 33.1 Å². The lowest BCUT2D eigenvalue weighted by Gasteiger charge is -2.21. The van der Waals surface area contributed by atoms with E-state index in [4.69, 9.17) is 15.3 Å². The zero-order valence-corrected chi connectivity index (χ0v) is 17.7. The molecule has 0 saturated carbocycles. The summed E-state index contributed by atoms with van der Waals surface area (Å²) in [5, 5.41) is 14.1. The summed E-state index contributed by atoms with van der Waals surface area (Å²) in [6.45, 7) is 3.72. The zero-order valence-electron chi connectivity index (χ0n) is 16.8. The van der Waals surface area contributed by atoms with E-state index in [-0.39, 0.29) is 23.9 Å². The van der Waals surface area contributed by atoms with Gasteiger partial charge in [0.05, 0.1) is 37.8 Å². The number of aromatic nitrogens is 4. The highest BCUT2D eigenvalue weighted by Crippen LogP contribution is 2.34. The van der Waals surface area contributed by atoms with Gasteiger partial charge >= 0.3 is 0 Å². The van der Waals surface area contributed by atoms with Crippen molar-refractivity contribution in [3.63, 3.8) is 0 Å². The van der Waals surface area contributed by atoms with E-state index in [9.17, 15) is 9.47 Å². The van der Waals surface area contributed by atoms with Crippen molar-refractivity contribution < 1.29 is 8.95 Å². The van der Waals surface area contributed by atoms with Gasteiger partial charge in [-0.05, 0) is 19.9 Å². The molecular weight excluding hydrogens is 402 g/mol. The summed E-state index contributed by atoms with van der Waals surface area (Å²) in [7, 11) is -1.49. The molecule has 0 fully saturated rings. The van der Waals surface area contributed by atoms with Crippen LogP contribution in [0.1, 0.15) is 35.5 Å². The van der Waals surface area contributed by atoms with Crippen LogP contribution in [0, 0.1) is 23.0 Å². The molecular formula is C20H21N7O2S. The summed E-state index contributed by atoms with van der Waals surface area (Å²) < 4.78 is 29.5. The molecule has 0 radical (unpaired) electrons. The number of fused-ring (bicyclic) bond motifs is 5. The number of nitrogens with zero attached hydrogens (tertiary/aromatic N) is 5.